The van der Waals surface area contributed by atoms with Crippen molar-refractivity contribution < 1.29 is 14.3 Å². The molecule has 0 radical (unpaired) electrons. The van der Waals surface area contributed by atoms with E-state index in [4.69, 9.17) is 9.47 Å². The maximum absolute atomic E-state index is 12.7. The standard InChI is InChI=1S/C24H34O3/c1-4-6-17-13-20-16(14-22(17)27-15-26-3)9-10-19-18(20)11-12-24(2)21(19)7-5-8-23(24)25/h13-14,18-19,21H,4-12,15H2,1-3H3. The molecule has 0 aromatic heterocycles. The molecular formula is C24H34O3. The Balaban J connectivity index is 1.67. The number of Topliss-reactive ketones (excluding diaryl/α,β-unsaturated/α-hetero) is 1. The molecule has 0 aliphatic heterocycles. The van der Waals surface area contributed by atoms with Gasteiger partial charge in [0.1, 0.15) is 11.5 Å². The molecule has 3 aliphatic rings. The van der Waals surface area contributed by atoms with Crippen molar-refractivity contribution in [3.63, 3.8) is 0 Å². The Kier molecular flexibility index (Phi) is 5.33. The van der Waals surface area contributed by atoms with Gasteiger partial charge in [0.2, 0.25) is 0 Å². The zero-order valence-corrected chi connectivity index (χ0v) is 17.2. The van der Waals surface area contributed by atoms with Gasteiger partial charge in [-0.25, -0.2) is 0 Å². The second-order valence-corrected chi connectivity index (χ2v) is 9.15. The Morgan fingerprint density at radius 2 is 2.04 bits per heavy atom. The predicted molar refractivity (Wildman–Crippen MR) is 107 cm³/mol. The highest BCUT2D eigenvalue weighted by atomic mass is 16.7. The minimum absolute atomic E-state index is 0.0509. The maximum atomic E-state index is 12.7. The molecule has 2 fully saturated rings. The van der Waals surface area contributed by atoms with E-state index >= 15 is 0 Å². The normalized spacial score (nSPS) is 32.4. The summed E-state index contributed by atoms with van der Waals surface area (Å²) >= 11 is 0. The van der Waals surface area contributed by atoms with Crippen molar-refractivity contribution in [2.75, 3.05) is 13.9 Å². The van der Waals surface area contributed by atoms with Crippen LogP contribution in [0.15, 0.2) is 12.1 Å². The van der Waals surface area contributed by atoms with Crippen LogP contribution in [-0.2, 0) is 22.4 Å². The smallest absolute Gasteiger partial charge is 0.188 e. The monoisotopic (exact) mass is 370 g/mol. The molecule has 2 saturated carbocycles. The number of methoxy groups -OCH3 is 1. The first-order valence-corrected chi connectivity index (χ1v) is 10.9. The number of aryl methyl sites for hydroxylation is 2. The third-order valence-electron chi connectivity index (χ3n) is 7.70. The molecule has 4 rings (SSSR count). The molecule has 3 aliphatic carbocycles. The lowest BCUT2D eigenvalue weighted by Gasteiger charge is -2.53. The molecule has 1 aromatic rings. The molecule has 27 heavy (non-hydrogen) atoms. The highest BCUT2D eigenvalue weighted by molar-refractivity contribution is 5.85. The fourth-order valence-corrected chi connectivity index (χ4v) is 6.33. The van der Waals surface area contributed by atoms with Gasteiger partial charge in [-0.2, -0.15) is 0 Å². The Bertz CT molecular complexity index is 710. The molecule has 0 spiro atoms. The molecule has 0 amide bonds. The van der Waals surface area contributed by atoms with Gasteiger partial charge in [-0.3, -0.25) is 4.79 Å². The molecule has 148 valence electrons. The maximum Gasteiger partial charge on any atom is 0.188 e. The molecule has 3 heteroatoms. The first-order valence-electron chi connectivity index (χ1n) is 10.9. The number of rotatable bonds is 5. The third kappa shape index (κ3) is 3.22. The van der Waals surface area contributed by atoms with Crippen molar-refractivity contribution in [1.82, 2.24) is 0 Å². The van der Waals surface area contributed by atoms with Crippen LogP contribution >= 0.6 is 0 Å². The van der Waals surface area contributed by atoms with Gasteiger partial charge in [-0.15, -0.1) is 0 Å². The summed E-state index contributed by atoms with van der Waals surface area (Å²) < 4.78 is 11.0. The van der Waals surface area contributed by atoms with Crippen LogP contribution in [0, 0.1) is 17.3 Å². The number of carbonyl (C=O) groups excluding carboxylic acids is 1. The molecule has 0 saturated heterocycles. The number of benzene rings is 1. The van der Waals surface area contributed by atoms with E-state index in [0.29, 0.717) is 30.3 Å². The van der Waals surface area contributed by atoms with Crippen LogP contribution in [0.5, 0.6) is 5.75 Å². The number of fused-ring (bicyclic) bond motifs is 5. The quantitative estimate of drug-likeness (QED) is 0.648. The van der Waals surface area contributed by atoms with Crippen molar-refractivity contribution in [1.29, 1.82) is 0 Å². The van der Waals surface area contributed by atoms with E-state index in [2.05, 4.69) is 26.0 Å². The highest BCUT2D eigenvalue weighted by Crippen LogP contribution is 2.58. The van der Waals surface area contributed by atoms with Gasteiger partial charge < -0.3 is 9.47 Å². The van der Waals surface area contributed by atoms with E-state index in [1.165, 1.54) is 30.4 Å². The van der Waals surface area contributed by atoms with Gasteiger partial charge in [0.15, 0.2) is 6.79 Å². The van der Waals surface area contributed by atoms with Gasteiger partial charge in [0, 0.05) is 18.9 Å². The summed E-state index contributed by atoms with van der Waals surface area (Å²) in [6.07, 6.45) is 9.89. The summed E-state index contributed by atoms with van der Waals surface area (Å²) in [6, 6.07) is 4.73. The van der Waals surface area contributed by atoms with Crippen LogP contribution in [-0.4, -0.2) is 19.7 Å². The van der Waals surface area contributed by atoms with Crippen LogP contribution in [0.4, 0.5) is 0 Å². The van der Waals surface area contributed by atoms with Crippen molar-refractivity contribution in [3.8, 4) is 5.75 Å². The Morgan fingerprint density at radius 3 is 2.81 bits per heavy atom. The molecule has 4 unspecified atom stereocenters. The Morgan fingerprint density at radius 1 is 1.19 bits per heavy atom. The largest absolute Gasteiger partial charge is 0.467 e. The summed E-state index contributed by atoms with van der Waals surface area (Å²) in [4.78, 5) is 12.7. The van der Waals surface area contributed by atoms with E-state index in [0.717, 1.165) is 44.3 Å². The van der Waals surface area contributed by atoms with E-state index in [1.54, 1.807) is 12.7 Å². The van der Waals surface area contributed by atoms with Crippen LogP contribution < -0.4 is 4.74 Å². The number of ketones is 1. The summed E-state index contributed by atoms with van der Waals surface area (Å²) in [6.45, 7) is 4.81. The number of ether oxygens (including phenoxy) is 2. The van der Waals surface area contributed by atoms with Crippen LogP contribution in [0.2, 0.25) is 0 Å². The van der Waals surface area contributed by atoms with Crippen molar-refractivity contribution in [2.45, 2.75) is 77.6 Å². The van der Waals surface area contributed by atoms with Crippen molar-refractivity contribution in [3.05, 3.63) is 28.8 Å². The summed E-state index contributed by atoms with van der Waals surface area (Å²) in [5.41, 5.74) is 4.29. The first-order chi connectivity index (χ1) is 13.1. The van der Waals surface area contributed by atoms with E-state index < -0.39 is 0 Å². The third-order valence-corrected chi connectivity index (χ3v) is 7.70. The SMILES string of the molecule is CCCc1cc2c(cc1OCOC)CCC1C2CCC2(C)C(=O)CCCC12. The van der Waals surface area contributed by atoms with E-state index in [9.17, 15) is 4.79 Å². The average Bonchev–Trinajstić information content (AvgIpc) is 2.67. The molecule has 0 heterocycles. The fourth-order valence-electron chi connectivity index (χ4n) is 6.33. The fraction of sp³-hybridized carbons (Fsp3) is 0.708. The zero-order valence-electron chi connectivity index (χ0n) is 17.2. The molecule has 0 N–H and O–H groups in total. The highest BCUT2D eigenvalue weighted by Gasteiger charge is 2.52. The second-order valence-electron chi connectivity index (χ2n) is 9.15. The lowest BCUT2D eigenvalue weighted by molar-refractivity contribution is -0.140. The average molecular weight is 371 g/mol. The molecule has 1 aromatic carbocycles. The lowest BCUT2D eigenvalue weighted by atomic mass is 9.50. The van der Waals surface area contributed by atoms with Crippen LogP contribution in [0.1, 0.15) is 81.4 Å². The van der Waals surface area contributed by atoms with E-state index in [-0.39, 0.29) is 5.41 Å². The topological polar surface area (TPSA) is 35.5 Å². The van der Waals surface area contributed by atoms with E-state index in [1.807, 2.05) is 0 Å². The summed E-state index contributed by atoms with van der Waals surface area (Å²) in [5.74, 6) is 3.44. The van der Waals surface area contributed by atoms with Crippen molar-refractivity contribution >= 4 is 5.78 Å². The van der Waals surface area contributed by atoms with Gasteiger partial charge in [0.05, 0.1) is 0 Å². The Labute approximate surface area is 163 Å². The van der Waals surface area contributed by atoms with Crippen LogP contribution in [0.25, 0.3) is 0 Å². The summed E-state index contributed by atoms with van der Waals surface area (Å²) in [7, 11) is 1.67. The summed E-state index contributed by atoms with van der Waals surface area (Å²) in [5, 5.41) is 0. The van der Waals surface area contributed by atoms with Gasteiger partial charge in [0.25, 0.3) is 0 Å². The molecule has 3 nitrogen and oxygen atoms in total. The molecule has 0 bridgehead atoms. The predicted octanol–water partition coefficient (Wildman–Crippen LogP) is 5.44. The lowest BCUT2D eigenvalue weighted by Crippen LogP contribution is -2.49. The van der Waals surface area contributed by atoms with Crippen LogP contribution in [0.3, 0.4) is 0 Å². The van der Waals surface area contributed by atoms with Gasteiger partial charge in [-0.05, 0) is 85.5 Å². The van der Waals surface area contributed by atoms with Gasteiger partial charge in [-0.1, -0.05) is 26.3 Å². The minimum Gasteiger partial charge on any atom is -0.467 e. The number of hydrogen-bond acceptors (Lipinski definition) is 3. The number of hydrogen-bond donors (Lipinski definition) is 0. The minimum atomic E-state index is -0.0509. The first kappa shape index (κ1) is 19.0. The number of carbonyl (C=O) groups is 1. The van der Waals surface area contributed by atoms with Gasteiger partial charge >= 0.3 is 0 Å². The second kappa shape index (κ2) is 7.58. The van der Waals surface area contributed by atoms with Crippen molar-refractivity contribution in [2.24, 2.45) is 17.3 Å². The Hall–Kier alpha value is -1.35. The molecular weight excluding hydrogens is 336 g/mol. The zero-order chi connectivity index (χ0) is 19.0. The molecule has 4 atom stereocenters.